The summed E-state index contributed by atoms with van der Waals surface area (Å²) in [5.74, 6) is -0.550. The Kier molecular flexibility index (Phi) is 5.80. The van der Waals surface area contributed by atoms with Crippen LogP contribution >= 0.6 is 24.0 Å². The van der Waals surface area contributed by atoms with Gasteiger partial charge in [0.2, 0.25) is 10.0 Å². The fourth-order valence-corrected chi connectivity index (χ4v) is 4.39. The minimum Gasteiger partial charge on any atom is -0.311 e. The molecule has 20 heavy (non-hydrogen) atoms. The average molecular weight is 343 g/mol. The Hall–Kier alpha value is -0.400. The molecule has 1 N–H and O–H groups in total. The zero-order valence-corrected chi connectivity index (χ0v) is 13.5. The summed E-state index contributed by atoms with van der Waals surface area (Å²) in [5.41, 5.74) is 0. The van der Waals surface area contributed by atoms with Crippen molar-refractivity contribution in [3.05, 3.63) is 29.0 Å². The second kappa shape index (κ2) is 6.58. The molecule has 1 saturated heterocycles. The number of nitrogens with one attached hydrogen (secondary N) is 1. The normalized spacial score (nSPS) is 24.2. The summed E-state index contributed by atoms with van der Waals surface area (Å²) < 4.78 is 39.6. The van der Waals surface area contributed by atoms with Gasteiger partial charge in [-0.1, -0.05) is 11.6 Å². The molecule has 0 aromatic heterocycles. The number of piperazine rings is 1. The van der Waals surface area contributed by atoms with Crippen molar-refractivity contribution in [1.29, 1.82) is 0 Å². The Balaban J connectivity index is 0.00000200. The van der Waals surface area contributed by atoms with E-state index in [9.17, 15) is 12.8 Å². The van der Waals surface area contributed by atoms with Crippen LogP contribution in [0.15, 0.2) is 23.1 Å². The lowest BCUT2D eigenvalue weighted by Crippen LogP contribution is -2.57. The van der Waals surface area contributed by atoms with Crippen molar-refractivity contribution in [2.45, 2.75) is 30.8 Å². The standard InChI is InChI=1S/C12H16ClFN2O2S.ClH/c1-8-9(2)16(6-5-15-8)19(17,18)12-4-3-10(14)7-11(12)13;/h3-4,7-9,15H,5-6H2,1-2H3;1H. The first-order valence-corrected chi connectivity index (χ1v) is 7.86. The summed E-state index contributed by atoms with van der Waals surface area (Å²) in [5, 5.41) is 3.13. The molecule has 0 aliphatic carbocycles. The largest absolute Gasteiger partial charge is 0.311 e. The highest BCUT2D eigenvalue weighted by molar-refractivity contribution is 7.89. The van der Waals surface area contributed by atoms with E-state index in [1.807, 2.05) is 13.8 Å². The molecule has 114 valence electrons. The van der Waals surface area contributed by atoms with Crippen LogP contribution in [0.1, 0.15) is 13.8 Å². The van der Waals surface area contributed by atoms with E-state index in [4.69, 9.17) is 11.6 Å². The minimum atomic E-state index is -3.70. The number of rotatable bonds is 2. The number of nitrogens with zero attached hydrogens (tertiary/aromatic N) is 1. The second-order valence-corrected chi connectivity index (χ2v) is 6.94. The molecule has 2 atom stereocenters. The SMILES string of the molecule is CC1NCCN(S(=O)(=O)c2ccc(F)cc2Cl)C1C.Cl. The predicted octanol–water partition coefficient (Wildman–Crippen LogP) is 2.27. The van der Waals surface area contributed by atoms with E-state index in [1.165, 1.54) is 10.4 Å². The van der Waals surface area contributed by atoms with Crippen LogP contribution in [0.2, 0.25) is 5.02 Å². The average Bonchev–Trinajstić information content (AvgIpc) is 2.31. The third kappa shape index (κ3) is 3.26. The third-order valence-electron chi connectivity index (χ3n) is 3.46. The van der Waals surface area contributed by atoms with Crippen molar-refractivity contribution in [3.8, 4) is 0 Å². The zero-order chi connectivity index (χ0) is 14.2. The third-order valence-corrected chi connectivity index (χ3v) is 5.93. The Morgan fingerprint density at radius 3 is 2.65 bits per heavy atom. The summed E-state index contributed by atoms with van der Waals surface area (Å²) in [7, 11) is -3.70. The maximum Gasteiger partial charge on any atom is 0.244 e. The van der Waals surface area contributed by atoms with Crippen molar-refractivity contribution in [2.24, 2.45) is 0 Å². The van der Waals surface area contributed by atoms with Gasteiger partial charge in [0.15, 0.2) is 0 Å². The van der Waals surface area contributed by atoms with Gasteiger partial charge in [-0.25, -0.2) is 12.8 Å². The first-order valence-electron chi connectivity index (χ1n) is 6.04. The number of sulfonamides is 1. The molecule has 1 aromatic rings. The Morgan fingerprint density at radius 1 is 1.40 bits per heavy atom. The topological polar surface area (TPSA) is 49.4 Å². The van der Waals surface area contributed by atoms with Gasteiger partial charge < -0.3 is 5.32 Å². The lowest BCUT2D eigenvalue weighted by atomic mass is 10.1. The summed E-state index contributed by atoms with van der Waals surface area (Å²) in [6.45, 7) is 4.73. The molecule has 1 aliphatic heterocycles. The van der Waals surface area contributed by atoms with Gasteiger partial charge in [-0.2, -0.15) is 4.31 Å². The van der Waals surface area contributed by atoms with Crippen LogP contribution in [0.4, 0.5) is 4.39 Å². The van der Waals surface area contributed by atoms with Crippen LogP contribution in [-0.2, 0) is 10.0 Å². The summed E-state index contributed by atoms with van der Waals surface area (Å²) >= 11 is 5.86. The molecule has 1 fully saturated rings. The fraction of sp³-hybridized carbons (Fsp3) is 0.500. The van der Waals surface area contributed by atoms with E-state index < -0.39 is 15.8 Å². The van der Waals surface area contributed by atoms with Crippen LogP contribution < -0.4 is 5.32 Å². The number of halogens is 3. The molecule has 1 aromatic carbocycles. The maximum atomic E-state index is 13.0. The van der Waals surface area contributed by atoms with Gasteiger partial charge in [0.1, 0.15) is 10.7 Å². The summed E-state index contributed by atoms with van der Waals surface area (Å²) in [6, 6.07) is 3.22. The van der Waals surface area contributed by atoms with Crippen molar-refractivity contribution in [1.82, 2.24) is 9.62 Å². The van der Waals surface area contributed by atoms with Crippen LogP contribution in [0.3, 0.4) is 0 Å². The van der Waals surface area contributed by atoms with Crippen molar-refractivity contribution in [3.63, 3.8) is 0 Å². The number of benzene rings is 1. The molecule has 2 unspecified atom stereocenters. The Morgan fingerprint density at radius 2 is 2.05 bits per heavy atom. The van der Waals surface area contributed by atoms with Crippen molar-refractivity contribution < 1.29 is 12.8 Å². The van der Waals surface area contributed by atoms with E-state index in [-0.39, 0.29) is 34.4 Å². The van der Waals surface area contributed by atoms with Gasteiger partial charge in [0.05, 0.1) is 5.02 Å². The fourth-order valence-electron chi connectivity index (χ4n) is 2.18. The van der Waals surface area contributed by atoms with Crippen molar-refractivity contribution in [2.75, 3.05) is 13.1 Å². The molecule has 2 rings (SSSR count). The Labute approximate surface area is 129 Å². The molecular weight excluding hydrogens is 326 g/mol. The quantitative estimate of drug-likeness (QED) is 0.896. The molecule has 0 radical (unpaired) electrons. The van der Waals surface area contributed by atoms with Gasteiger partial charge in [-0.15, -0.1) is 12.4 Å². The summed E-state index contributed by atoms with van der Waals surface area (Å²) in [6.07, 6.45) is 0. The van der Waals surface area contributed by atoms with Crippen LogP contribution in [0.25, 0.3) is 0 Å². The van der Waals surface area contributed by atoms with E-state index in [1.54, 1.807) is 0 Å². The molecule has 0 spiro atoms. The molecule has 4 nitrogen and oxygen atoms in total. The lowest BCUT2D eigenvalue weighted by Gasteiger charge is -2.37. The highest BCUT2D eigenvalue weighted by Gasteiger charge is 2.35. The Bertz CT molecular complexity index is 583. The van der Waals surface area contributed by atoms with Crippen LogP contribution in [-0.4, -0.2) is 37.9 Å². The molecule has 8 heteroatoms. The highest BCUT2D eigenvalue weighted by Crippen LogP contribution is 2.27. The molecule has 1 aliphatic rings. The summed E-state index contributed by atoms with van der Waals surface area (Å²) in [4.78, 5) is -0.0449. The van der Waals surface area contributed by atoms with Gasteiger partial charge in [-0.05, 0) is 32.0 Å². The van der Waals surface area contributed by atoms with Gasteiger partial charge in [0.25, 0.3) is 0 Å². The molecule has 0 bridgehead atoms. The second-order valence-electron chi connectivity index (χ2n) is 4.67. The van der Waals surface area contributed by atoms with E-state index in [0.29, 0.717) is 13.1 Å². The van der Waals surface area contributed by atoms with Gasteiger partial charge >= 0.3 is 0 Å². The van der Waals surface area contributed by atoms with E-state index >= 15 is 0 Å². The first kappa shape index (κ1) is 17.7. The van der Waals surface area contributed by atoms with Gasteiger partial charge in [0, 0.05) is 25.2 Å². The number of hydrogen-bond acceptors (Lipinski definition) is 3. The van der Waals surface area contributed by atoms with Crippen LogP contribution in [0, 0.1) is 5.82 Å². The van der Waals surface area contributed by atoms with E-state index in [2.05, 4.69) is 5.32 Å². The van der Waals surface area contributed by atoms with Crippen LogP contribution in [0.5, 0.6) is 0 Å². The molecule has 0 amide bonds. The minimum absolute atomic E-state index is 0. The molecule has 0 saturated carbocycles. The predicted molar refractivity (Wildman–Crippen MR) is 79.5 cm³/mol. The highest BCUT2D eigenvalue weighted by atomic mass is 35.5. The smallest absolute Gasteiger partial charge is 0.244 e. The van der Waals surface area contributed by atoms with E-state index in [0.717, 1.165) is 12.1 Å². The van der Waals surface area contributed by atoms with Gasteiger partial charge in [-0.3, -0.25) is 0 Å². The van der Waals surface area contributed by atoms with Crippen molar-refractivity contribution >= 4 is 34.0 Å². The maximum absolute atomic E-state index is 13.0. The number of hydrogen-bond donors (Lipinski definition) is 1. The molecule has 1 heterocycles. The lowest BCUT2D eigenvalue weighted by molar-refractivity contribution is 0.233. The monoisotopic (exact) mass is 342 g/mol. The zero-order valence-electron chi connectivity index (χ0n) is 11.1. The first-order chi connectivity index (χ1) is 8.84. The molecular formula is C12H17Cl2FN2O2S.